The van der Waals surface area contributed by atoms with Crippen LogP contribution in [0.2, 0.25) is 0 Å². The molecule has 3 nitrogen and oxygen atoms in total. The van der Waals surface area contributed by atoms with E-state index in [0.717, 1.165) is 24.3 Å². The van der Waals surface area contributed by atoms with Gasteiger partial charge in [0.25, 0.3) is 0 Å². The van der Waals surface area contributed by atoms with Crippen LogP contribution in [0.1, 0.15) is 5.56 Å². The summed E-state index contributed by atoms with van der Waals surface area (Å²) in [4.78, 5) is 0. The second-order valence-corrected chi connectivity index (χ2v) is 3.04. The molecule has 2 aromatic rings. The Bertz CT molecular complexity index is 453. The molecule has 112 valence electrons. The first kappa shape index (κ1) is 24.2. The van der Waals surface area contributed by atoms with Crippen LogP contribution in [0.4, 0.5) is 18.9 Å². The summed E-state index contributed by atoms with van der Waals surface area (Å²) in [5.74, 6) is 0. The first-order valence-corrected chi connectivity index (χ1v) is 4.96. The first-order chi connectivity index (χ1) is 9.50. The maximum absolute atomic E-state index is 11.9. The topological polar surface area (TPSA) is 63.6 Å². The predicted molar refractivity (Wildman–Crippen MR) is 65.3 cm³/mol. The SMILES string of the molecule is [C-]#[O+].[C-]#[O+].[Fe+2].[NH-]c1ccc(C(F)(F)F)cc1.c1cc[cH-]c1. The largest absolute Gasteiger partial charge is 2.00 e. The smallest absolute Gasteiger partial charge is 0.699 e. The quantitative estimate of drug-likeness (QED) is 0.379. The number of nitrogens with one attached hydrogen (secondary N) is 1. The molecular formula is C14H10F3FeNO2. The Balaban J connectivity index is -0.000000273. The first-order valence-electron chi connectivity index (χ1n) is 4.96. The number of halogens is 3. The molecule has 0 aliphatic rings. The van der Waals surface area contributed by atoms with E-state index in [2.05, 4.69) is 13.3 Å². The van der Waals surface area contributed by atoms with Gasteiger partial charge in [-0.3, -0.25) is 0 Å². The van der Waals surface area contributed by atoms with Crippen molar-refractivity contribution >= 4 is 5.69 Å². The molecule has 0 aromatic heterocycles. The molecule has 0 atom stereocenters. The van der Waals surface area contributed by atoms with Gasteiger partial charge in [0.15, 0.2) is 0 Å². The van der Waals surface area contributed by atoms with Crippen LogP contribution in [-0.2, 0) is 32.5 Å². The average molecular weight is 337 g/mol. The fourth-order valence-corrected chi connectivity index (χ4v) is 0.980. The summed E-state index contributed by atoms with van der Waals surface area (Å²) in [5.41, 5.74) is 6.30. The molecule has 0 bridgehead atoms. The van der Waals surface area contributed by atoms with Crippen LogP contribution in [-0.4, -0.2) is 0 Å². The molecule has 0 amide bonds. The Morgan fingerprint density at radius 2 is 1.29 bits per heavy atom. The van der Waals surface area contributed by atoms with E-state index in [1.165, 1.54) is 0 Å². The maximum Gasteiger partial charge on any atom is 2.00 e. The van der Waals surface area contributed by atoms with Gasteiger partial charge >= 0.3 is 45.9 Å². The molecule has 0 unspecified atom stereocenters. The van der Waals surface area contributed by atoms with Crippen molar-refractivity contribution in [1.82, 2.24) is 0 Å². The summed E-state index contributed by atoms with van der Waals surface area (Å²) >= 11 is 0. The van der Waals surface area contributed by atoms with E-state index < -0.39 is 11.7 Å². The minimum atomic E-state index is -4.30. The van der Waals surface area contributed by atoms with Crippen LogP contribution in [0.15, 0.2) is 54.6 Å². The number of rotatable bonds is 0. The molecule has 1 N–H and O–H groups in total. The summed E-state index contributed by atoms with van der Waals surface area (Å²) in [7, 11) is 0. The van der Waals surface area contributed by atoms with E-state index in [4.69, 9.17) is 15.0 Å². The van der Waals surface area contributed by atoms with Crippen LogP contribution in [0.5, 0.6) is 0 Å². The van der Waals surface area contributed by atoms with Gasteiger partial charge in [-0.15, -0.1) is 5.69 Å². The average Bonchev–Trinajstić information content (AvgIpc) is 3.02. The van der Waals surface area contributed by atoms with E-state index >= 15 is 0 Å². The van der Waals surface area contributed by atoms with E-state index in [1.54, 1.807) is 0 Å². The normalized spacial score (nSPS) is 8.14. The number of hydrogen-bond donors (Lipinski definition) is 0. The van der Waals surface area contributed by atoms with E-state index in [-0.39, 0.29) is 22.8 Å². The van der Waals surface area contributed by atoms with Gasteiger partial charge in [0.2, 0.25) is 0 Å². The zero-order valence-corrected chi connectivity index (χ0v) is 11.6. The third-order valence-corrected chi connectivity index (χ3v) is 1.77. The molecule has 0 radical (unpaired) electrons. The van der Waals surface area contributed by atoms with E-state index in [0.29, 0.717) is 0 Å². The molecular weight excluding hydrogens is 327 g/mol. The Morgan fingerprint density at radius 3 is 1.52 bits per heavy atom. The van der Waals surface area contributed by atoms with Crippen molar-refractivity contribution in [2.24, 2.45) is 0 Å². The fourth-order valence-electron chi connectivity index (χ4n) is 0.980. The standard InChI is InChI=1S/C7H5F3N.C5H5.2CO.Fe/c8-7(9,10)5-1-3-6(11)4-2-5;1-2-4-5-3-1;2*1-2;/h1-4,11H;1-5H;;;/q2*-1;;;+2. The van der Waals surface area contributed by atoms with E-state index in [1.807, 2.05) is 30.3 Å². The molecule has 2 aromatic carbocycles. The number of benzene rings is 1. The molecule has 21 heavy (non-hydrogen) atoms. The fraction of sp³-hybridized carbons (Fsp3) is 0.0714. The zero-order valence-electron chi connectivity index (χ0n) is 10.5. The van der Waals surface area contributed by atoms with Gasteiger partial charge in [0.1, 0.15) is 0 Å². The molecule has 0 fully saturated rings. The Labute approximate surface area is 131 Å². The second kappa shape index (κ2) is 14.6. The minimum Gasteiger partial charge on any atom is -0.699 e. The monoisotopic (exact) mass is 337 g/mol. The molecule has 0 saturated carbocycles. The van der Waals surface area contributed by atoms with Crippen molar-refractivity contribution in [3.8, 4) is 0 Å². The van der Waals surface area contributed by atoms with Crippen molar-refractivity contribution in [2.45, 2.75) is 6.18 Å². The molecule has 7 heteroatoms. The van der Waals surface area contributed by atoms with Gasteiger partial charge in [0.05, 0.1) is 5.56 Å². The van der Waals surface area contributed by atoms with Crippen LogP contribution in [0, 0.1) is 13.3 Å². The zero-order chi connectivity index (χ0) is 16.0. The van der Waals surface area contributed by atoms with Gasteiger partial charge in [-0.1, -0.05) is 24.3 Å². The molecule has 0 heterocycles. The Hall–Kier alpha value is -1.84. The number of hydrogen-bond acceptors (Lipinski definition) is 0. The van der Waals surface area contributed by atoms with Crippen LogP contribution in [0.3, 0.4) is 0 Å². The molecule has 0 saturated heterocycles. The third kappa shape index (κ3) is 12.9. The predicted octanol–water partition coefficient (Wildman–Crippen LogP) is 4.72. The second-order valence-electron chi connectivity index (χ2n) is 3.04. The van der Waals surface area contributed by atoms with Crippen LogP contribution < -0.4 is 0 Å². The Kier molecular flexibility index (Phi) is 16.8. The summed E-state index contributed by atoms with van der Waals surface area (Å²) in [6, 6.07) is 14.0. The summed E-state index contributed by atoms with van der Waals surface area (Å²) in [6.45, 7) is 9.00. The van der Waals surface area contributed by atoms with Gasteiger partial charge in [0, 0.05) is 0 Å². The van der Waals surface area contributed by atoms with Crippen molar-refractivity contribution in [2.75, 3.05) is 0 Å². The van der Waals surface area contributed by atoms with Crippen LogP contribution >= 0.6 is 0 Å². The summed E-state index contributed by atoms with van der Waals surface area (Å²) < 4.78 is 50.6. The maximum atomic E-state index is 11.9. The Morgan fingerprint density at radius 1 is 0.905 bits per heavy atom. The summed E-state index contributed by atoms with van der Waals surface area (Å²) in [6.07, 6.45) is -4.30. The van der Waals surface area contributed by atoms with Gasteiger partial charge in [-0.2, -0.15) is 31.4 Å². The summed E-state index contributed by atoms with van der Waals surface area (Å²) in [5, 5.41) is 0. The molecule has 2 rings (SSSR count). The van der Waals surface area contributed by atoms with Gasteiger partial charge < -0.3 is 5.73 Å². The van der Waals surface area contributed by atoms with Gasteiger partial charge in [-0.05, 0) is 0 Å². The van der Waals surface area contributed by atoms with Crippen LogP contribution in [0.25, 0.3) is 5.73 Å². The van der Waals surface area contributed by atoms with Crippen molar-refractivity contribution in [1.29, 1.82) is 0 Å². The molecule has 0 aliphatic heterocycles. The third-order valence-electron chi connectivity index (χ3n) is 1.77. The minimum absolute atomic E-state index is 0. The van der Waals surface area contributed by atoms with E-state index in [9.17, 15) is 13.2 Å². The van der Waals surface area contributed by atoms with Crippen molar-refractivity contribution in [3.63, 3.8) is 0 Å². The molecule has 0 spiro atoms. The van der Waals surface area contributed by atoms with Gasteiger partial charge in [-0.25, -0.2) is 12.1 Å². The number of alkyl halides is 3. The molecule has 0 aliphatic carbocycles. The van der Waals surface area contributed by atoms with Crippen molar-refractivity contribution in [3.05, 3.63) is 79.2 Å². The van der Waals surface area contributed by atoms with Crippen molar-refractivity contribution < 1.29 is 39.5 Å².